The third-order valence-corrected chi connectivity index (χ3v) is 3.38. The fraction of sp³-hybridized carbons (Fsp3) is 0.333. The monoisotopic (exact) mass is 269 g/mol. The van der Waals surface area contributed by atoms with Crippen LogP contribution in [0.25, 0.3) is 0 Å². The first kappa shape index (κ1) is 14.4. The summed E-state index contributed by atoms with van der Waals surface area (Å²) in [6, 6.07) is 14.1. The Balaban J connectivity index is 2.24. The van der Waals surface area contributed by atoms with Gasteiger partial charge < -0.3 is 10.5 Å². The Hall–Kier alpha value is -1.96. The normalized spacial score (nSPS) is 11.4. The largest absolute Gasteiger partial charge is 0.489 e. The zero-order chi connectivity index (χ0) is 14.8. The SMILES string of the molecule is Cc1ccc(OCc2ccccc2N)c(C(C)(C)C)c1. The molecule has 0 saturated heterocycles. The summed E-state index contributed by atoms with van der Waals surface area (Å²) in [6.07, 6.45) is 0. The first-order valence-electron chi connectivity index (χ1n) is 6.95. The first-order valence-corrected chi connectivity index (χ1v) is 6.95. The van der Waals surface area contributed by atoms with Crippen LogP contribution in [-0.2, 0) is 12.0 Å². The van der Waals surface area contributed by atoms with Crippen molar-refractivity contribution >= 4 is 5.69 Å². The van der Waals surface area contributed by atoms with Crippen LogP contribution in [0.2, 0.25) is 0 Å². The molecule has 0 atom stereocenters. The second-order valence-electron chi connectivity index (χ2n) is 6.24. The average Bonchev–Trinajstić information content (AvgIpc) is 2.38. The molecule has 0 bridgehead atoms. The first-order chi connectivity index (χ1) is 9.38. The van der Waals surface area contributed by atoms with Crippen molar-refractivity contribution in [1.82, 2.24) is 0 Å². The van der Waals surface area contributed by atoms with E-state index in [1.165, 1.54) is 11.1 Å². The lowest BCUT2D eigenvalue weighted by Gasteiger charge is -2.23. The lowest BCUT2D eigenvalue weighted by Crippen LogP contribution is -2.14. The Morgan fingerprint density at radius 2 is 1.75 bits per heavy atom. The van der Waals surface area contributed by atoms with Gasteiger partial charge in [0.15, 0.2) is 0 Å². The molecule has 0 amide bonds. The Bertz CT molecular complexity index is 597. The van der Waals surface area contributed by atoms with Crippen molar-refractivity contribution < 1.29 is 4.74 Å². The number of anilines is 1. The fourth-order valence-corrected chi connectivity index (χ4v) is 2.18. The highest BCUT2D eigenvalue weighted by atomic mass is 16.5. The molecule has 0 aliphatic heterocycles. The predicted molar refractivity (Wildman–Crippen MR) is 85.1 cm³/mol. The number of rotatable bonds is 3. The van der Waals surface area contributed by atoms with Gasteiger partial charge in [0.1, 0.15) is 12.4 Å². The van der Waals surface area contributed by atoms with Crippen LogP contribution >= 0.6 is 0 Å². The van der Waals surface area contributed by atoms with Crippen LogP contribution in [0.4, 0.5) is 5.69 Å². The second kappa shape index (κ2) is 5.58. The Labute approximate surface area is 121 Å². The number of benzene rings is 2. The zero-order valence-corrected chi connectivity index (χ0v) is 12.7. The molecule has 2 heteroatoms. The van der Waals surface area contributed by atoms with Crippen molar-refractivity contribution in [1.29, 1.82) is 0 Å². The zero-order valence-electron chi connectivity index (χ0n) is 12.7. The fourth-order valence-electron chi connectivity index (χ4n) is 2.18. The highest BCUT2D eigenvalue weighted by molar-refractivity contribution is 5.47. The number of hydrogen-bond acceptors (Lipinski definition) is 2. The van der Waals surface area contributed by atoms with E-state index in [0.29, 0.717) is 6.61 Å². The molecule has 2 aromatic rings. The summed E-state index contributed by atoms with van der Waals surface area (Å²) in [5.41, 5.74) is 10.3. The molecule has 2 aromatic carbocycles. The summed E-state index contributed by atoms with van der Waals surface area (Å²) >= 11 is 0. The van der Waals surface area contributed by atoms with Gasteiger partial charge in [-0.05, 0) is 30.0 Å². The maximum atomic E-state index is 6.01. The molecule has 106 valence electrons. The number of hydrogen-bond donors (Lipinski definition) is 1. The molecule has 0 aliphatic carbocycles. The number of ether oxygens (including phenoxy) is 1. The lowest BCUT2D eigenvalue weighted by molar-refractivity contribution is 0.298. The summed E-state index contributed by atoms with van der Waals surface area (Å²) in [7, 11) is 0. The van der Waals surface area contributed by atoms with Gasteiger partial charge in [-0.25, -0.2) is 0 Å². The molecule has 2 nitrogen and oxygen atoms in total. The van der Waals surface area contributed by atoms with Crippen LogP contribution in [0.5, 0.6) is 5.75 Å². The predicted octanol–water partition coefficient (Wildman–Crippen LogP) is 4.45. The second-order valence-corrected chi connectivity index (χ2v) is 6.24. The van der Waals surface area contributed by atoms with E-state index >= 15 is 0 Å². The Kier molecular flexibility index (Phi) is 4.03. The van der Waals surface area contributed by atoms with E-state index in [1.54, 1.807) is 0 Å². The summed E-state index contributed by atoms with van der Waals surface area (Å²) < 4.78 is 6.01. The Morgan fingerprint density at radius 1 is 1.05 bits per heavy atom. The van der Waals surface area contributed by atoms with Gasteiger partial charge in [-0.15, -0.1) is 0 Å². The third kappa shape index (κ3) is 3.32. The van der Waals surface area contributed by atoms with Gasteiger partial charge in [-0.3, -0.25) is 0 Å². The van der Waals surface area contributed by atoms with Crippen LogP contribution in [0.15, 0.2) is 42.5 Å². The number of nitrogen functional groups attached to an aromatic ring is 1. The van der Waals surface area contributed by atoms with Crippen molar-refractivity contribution in [3.05, 3.63) is 59.2 Å². The quantitative estimate of drug-likeness (QED) is 0.835. The van der Waals surface area contributed by atoms with Crippen molar-refractivity contribution in [2.24, 2.45) is 0 Å². The molecular weight excluding hydrogens is 246 g/mol. The maximum absolute atomic E-state index is 6.01. The molecule has 0 unspecified atom stereocenters. The van der Waals surface area contributed by atoms with E-state index in [-0.39, 0.29) is 5.41 Å². The minimum atomic E-state index is 0.0591. The topological polar surface area (TPSA) is 35.2 Å². The summed E-state index contributed by atoms with van der Waals surface area (Å²) in [4.78, 5) is 0. The van der Waals surface area contributed by atoms with E-state index in [9.17, 15) is 0 Å². The van der Waals surface area contributed by atoms with Gasteiger partial charge in [0.05, 0.1) is 0 Å². The van der Waals surface area contributed by atoms with Crippen molar-refractivity contribution in [3.63, 3.8) is 0 Å². The van der Waals surface area contributed by atoms with Gasteiger partial charge in [0.2, 0.25) is 0 Å². The van der Waals surface area contributed by atoms with E-state index in [0.717, 1.165) is 17.0 Å². The molecule has 0 spiro atoms. The molecule has 0 radical (unpaired) electrons. The number of nitrogens with two attached hydrogens (primary N) is 1. The maximum Gasteiger partial charge on any atom is 0.123 e. The summed E-state index contributed by atoms with van der Waals surface area (Å²) in [6.45, 7) is 9.20. The average molecular weight is 269 g/mol. The van der Waals surface area contributed by atoms with Crippen LogP contribution in [0.3, 0.4) is 0 Å². The minimum absolute atomic E-state index is 0.0591. The minimum Gasteiger partial charge on any atom is -0.489 e. The molecular formula is C18H23NO. The standard InChI is InChI=1S/C18H23NO/c1-13-9-10-17(15(11-13)18(2,3)4)20-12-14-7-5-6-8-16(14)19/h5-11H,12,19H2,1-4H3. The lowest BCUT2D eigenvalue weighted by atomic mass is 9.85. The van der Waals surface area contributed by atoms with Gasteiger partial charge in [-0.1, -0.05) is 56.7 Å². The van der Waals surface area contributed by atoms with Crippen LogP contribution in [-0.4, -0.2) is 0 Å². The number of para-hydroxylation sites is 1. The van der Waals surface area contributed by atoms with Crippen molar-refractivity contribution in [3.8, 4) is 5.75 Å². The molecule has 2 N–H and O–H groups in total. The molecule has 0 fully saturated rings. The third-order valence-electron chi connectivity index (χ3n) is 3.38. The van der Waals surface area contributed by atoms with Crippen LogP contribution < -0.4 is 10.5 Å². The molecule has 2 rings (SSSR count). The van der Waals surface area contributed by atoms with Crippen molar-refractivity contribution in [2.45, 2.75) is 39.7 Å². The van der Waals surface area contributed by atoms with E-state index in [4.69, 9.17) is 10.5 Å². The highest BCUT2D eigenvalue weighted by Crippen LogP contribution is 2.32. The smallest absolute Gasteiger partial charge is 0.123 e. The van der Waals surface area contributed by atoms with Crippen molar-refractivity contribution in [2.75, 3.05) is 5.73 Å². The van der Waals surface area contributed by atoms with Gasteiger partial charge in [0, 0.05) is 11.3 Å². The van der Waals surface area contributed by atoms with Gasteiger partial charge in [-0.2, -0.15) is 0 Å². The number of aryl methyl sites for hydroxylation is 1. The molecule has 0 aliphatic rings. The molecule has 0 saturated carbocycles. The van der Waals surface area contributed by atoms with E-state index in [1.807, 2.05) is 24.3 Å². The van der Waals surface area contributed by atoms with E-state index < -0.39 is 0 Å². The van der Waals surface area contributed by atoms with Crippen LogP contribution in [0, 0.1) is 6.92 Å². The molecule has 0 heterocycles. The summed E-state index contributed by atoms with van der Waals surface area (Å²) in [5, 5.41) is 0. The van der Waals surface area contributed by atoms with Crippen LogP contribution in [0.1, 0.15) is 37.5 Å². The molecule has 0 aromatic heterocycles. The summed E-state index contributed by atoms with van der Waals surface area (Å²) in [5.74, 6) is 0.936. The highest BCUT2D eigenvalue weighted by Gasteiger charge is 2.19. The molecule has 20 heavy (non-hydrogen) atoms. The van der Waals surface area contributed by atoms with Gasteiger partial charge >= 0.3 is 0 Å². The van der Waals surface area contributed by atoms with E-state index in [2.05, 4.69) is 45.9 Å². The van der Waals surface area contributed by atoms with Gasteiger partial charge in [0.25, 0.3) is 0 Å². The Morgan fingerprint density at radius 3 is 2.40 bits per heavy atom.